The molecule has 1 fully saturated rings. The van der Waals surface area contributed by atoms with E-state index in [0.717, 1.165) is 11.7 Å². The first-order valence-corrected chi connectivity index (χ1v) is 4.81. The van der Waals surface area contributed by atoms with Crippen LogP contribution < -0.4 is 0 Å². The summed E-state index contributed by atoms with van der Waals surface area (Å²) in [5, 5.41) is 0. The van der Waals surface area contributed by atoms with Crippen LogP contribution in [0, 0.1) is 6.92 Å². The van der Waals surface area contributed by atoms with Crippen LogP contribution in [0.1, 0.15) is 42.7 Å². The molecule has 1 saturated carbocycles. The molecule has 2 rings (SSSR count). The lowest BCUT2D eigenvalue weighted by atomic mass is 10.3. The van der Waals surface area contributed by atoms with Gasteiger partial charge in [0, 0.05) is 12.1 Å². The van der Waals surface area contributed by atoms with Crippen molar-refractivity contribution in [3.05, 3.63) is 17.7 Å². The van der Waals surface area contributed by atoms with Gasteiger partial charge in [-0.2, -0.15) is 0 Å². The summed E-state index contributed by atoms with van der Waals surface area (Å²) in [5.41, 5.74) is 1.24. The first-order valence-electron chi connectivity index (χ1n) is 4.38. The minimum atomic E-state index is 0.0185. The van der Waals surface area contributed by atoms with Crippen LogP contribution in [0.5, 0.6) is 0 Å². The largest absolute Gasteiger partial charge is 0.318 e. The molecule has 1 atom stereocenters. The van der Waals surface area contributed by atoms with Gasteiger partial charge in [0.2, 0.25) is 0 Å². The highest BCUT2D eigenvalue weighted by atomic mass is 35.5. The highest BCUT2D eigenvalue weighted by molar-refractivity contribution is 6.18. The Hall–Kier alpha value is -0.500. The lowest BCUT2D eigenvalue weighted by Gasteiger charge is -2.04. The van der Waals surface area contributed by atoms with Crippen molar-refractivity contribution in [1.29, 1.82) is 0 Å². The van der Waals surface area contributed by atoms with Crippen LogP contribution in [0.2, 0.25) is 0 Å². The Bertz CT molecular complexity index is 287. The number of aromatic nitrogens is 2. The van der Waals surface area contributed by atoms with Crippen LogP contribution in [0.25, 0.3) is 0 Å². The molecule has 1 unspecified atom stereocenters. The molecule has 0 amide bonds. The number of hydrogen-bond donors (Lipinski definition) is 0. The smallest absolute Gasteiger partial charge is 0.107 e. The van der Waals surface area contributed by atoms with Gasteiger partial charge in [-0.05, 0) is 26.7 Å². The van der Waals surface area contributed by atoms with Gasteiger partial charge in [0.05, 0.1) is 5.69 Å². The molecule has 1 aromatic rings. The zero-order valence-corrected chi connectivity index (χ0v) is 8.17. The van der Waals surface area contributed by atoms with Crippen molar-refractivity contribution in [3.63, 3.8) is 0 Å². The maximum Gasteiger partial charge on any atom is 0.107 e. The molecule has 1 aliphatic rings. The zero-order valence-electron chi connectivity index (χ0n) is 7.42. The zero-order chi connectivity index (χ0) is 8.72. The molecule has 2 nitrogen and oxygen atoms in total. The molecule has 0 spiro atoms. The summed E-state index contributed by atoms with van der Waals surface area (Å²) >= 11 is 5.97. The molecular weight excluding hydrogens is 172 g/mol. The summed E-state index contributed by atoms with van der Waals surface area (Å²) in [5.74, 6) is 1.75. The molecule has 3 heteroatoms. The van der Waals surface area contributed by atoms with Crippen molar-refractivity contribution < 1.29 is 0 Å². The first-order chi connectivity index (χ1) is 5.68. The van der Waals surface area contributed by atoms with E-state index in [9.17, 15) is 0 Å². The maximum absolute atomic E-state index is 5.97. The van der Waals surface area contributed by atoms with Gasteiger partial charge < -0.3 is 4.57 Å². The molecule has 0 N–H and O–H groups in total. The van der Waals surface area contributed by atoms with Crippen molar-refractivity contribution in [3.8, 4) is 0 Å². The summed E-state index contributed by atoms with van der Waals surface area (Å²) < 4.78 is 2.02. The second kappa shape index (κ2) is 2.77. The average Bonchev–Trinajstić information content (AvgIpc) is 2.75. The maximum atomic E-state index is 5.97. The summed E-state index contributed by atoms with van der Waals surface area (Å²) in [4.78, 5) is 4.47. The van der Waals surface area contributed by atoms with Crippen LogP contribution in [0.3, 0.4) is 0 Å². The molecule has 1 aliphatic carbocycles. The van der Waals surface area contributed by atoms with Gasteiger partial charge in [0.15, 0.2) is 0 Å². The highest BCUT2D eigenvalue weighted by Gasteiger charge is 2.26. The number of aryl methyl sites for hydroxylation is 1. The standard InChI is InChI=1S/C9H13ClN2/c1-6(10)12-5-9(8-3-4-8)11-7(12)2/h5-6,8H,3-4H2,1-2H3. The van der Waals surface area contributed by atoms with E-state index >= 15 is 0 Å². The molecular formula is C9H13ClN2. The van der Waals surface area contributed by atoms with Gasteiger partial charge >= 0.3 is 0 Å². The molecule has 12 heavy (non-hydrogen) atoms. The Balaban J connectivity index is 2.30. The molecule has 0 radical (unpaired) electrons. The topological polar surface area (TPSA) is 17.8 Å². The van der Waals surface area contributed by atoms with Gasteiger partial charge in [0.25, 0.3) is 0 Å². The number of hydrogen-bond acceptors (Lipinski definition) is 1. The third kappa shape index (κ3) is 1.36. The van der Waals surface area contributed by atoms with Crippen molar-refractivity contribution in [2.45, 2.75) is 38.1 Å². The summed E-state index contributed by atoms with van der Waals surface area (Å²) in [7, 11) is 0. The quantitative estimate of drug-likeness (QED) is 0.647. The minimum Gasteiger partial charge on any atom is -0.318 e. The van der Waals surface area contributed by atoms with E-state index in [2.05, 4.69) is 11.2 Å². The third-order valence-electron chi connectivity index (χ3n) is 2.31. The van der Waals surface area contributed by atoms with E-state index in [0.29, 0.717) is 0 Å². The lowest BCUT2D eigenvalue weighted by molar-refractivity contribution is 0.699. The van der Waals surface area contributed by atoms with Crippen LogP contribution in [0.4, 0.5) is 0 Å². The Labute approximate surface area is 77.6 Å². The van der Waals surface area contributed by atoms with Crippen molar-refractivity contribution in [2.24, 2.45) is 0 Å². The average molecular weight is 185 g/mol. The minimum absolute atomic E-state index is 0.0185. The fourth-order valence-corrected chi connectivity index (χ4v) is 1.64. The fourth-order valence-electron chi connectivity index (χ4n) is 1.45. The third-order valence-corrected chi connectivity index (χ3v) is 2.53. The fraction of sp³-hybridized carbons (Fsp3) is 0.667. The summed E-state index contributed by atoms with van der Waals surface area (Å²) in [6.07, 6.45) is 4.69. The van der Waals surface area contributed by atoms with Gasteiger partial charge in [-0.15, -0.1) is 0 Å². The lowest BCUT2D eigenvalue weighted by Crippen LogP contribution is -1.98. The van der Waals surface area contributed by atoms with E-state index in [1.165, 1.54) is 18.5 Å². The predicted molar refractivity (Wildman–Crippen MR) is 49.5 cm³/mol. The van der Waals surface area contributed by atoms with Gasteiger partial charge in [-0.3, -0.25) is 0 Å². The Morgan fingerprint density at radius 2 is 2.33 bits per heavy atom. The predicted octanol–water partition coefficient (Wildman–Crippen LogP) is 2.83. The van der Waals surface area contributed by atoms with Crippen LogP contribution in [-0.2, 0) is 0 Å². The van der Waals surface area contributed by atoms with E-state index in [-0.39, 0.29) is 5.50 Å². The number of nitrogens with zero attached hydrogens (tertiary/aromatic N) is 2. The second-order valence-corrected chi connectivity index (χ2v) is 4.10. The van der Waals surface area contributed by atoms with Gasteiger partial charge in [-0.1, -0.05) is 11.6 Å². The monoisotopic (exact) mass is 184 g/mol. The Kier molecular flexibility index (Phi) is 1.87. The van der Waals surface area contributed by atoms with E-state index in [1.807, 2.05) is 18.4 Å². The van der Waals surface area contributed by atoms with Crippen LogP contribution in [0.15, 0.2) is 6.20 Å². The van der Waals surface area contributed by atoms with Crippen molar-refractivity contribution >= 4 is 11.6 Å². The van der Waals surface area contributed by atoms with Crippen molar-refractivity contribution in [1.82, 2.24) is 9.55 Å². The molecule has 0 aromatic carbocycles. The van der Waals surface area contributed by atoms with Gasteiger partial charge in [-0.25, -0.2) is 4.98 Å². The molecule has 1 heterocycles. The first kappa shape index (κ1) is 8.11. The number of rotatable bonds is 2. The van der Waals surface area contributed by atoms with Crippen molar-refractivity contribution in [2.75, 3.05) is 0 Å². The van der Waals surface area contributed by atoms with E-state index in [1.54, 1.807) is 0 Å². The Morgan fingerprint density at radius 1 is 1.67 bits per heavy atom. The van der Waals surface area contributed by atoms with Gasteiger partial charge in [0.1, 0.15) is 11.3 Å². The molecule has 0 aliphatic heterocycles. The molecule has 0 bridgehead atoms. The Morgan fingerprint density at radius 3 is 2.75 bits per heavy atom. The number of imidazole rings is 1. The number of alkyl halides is 1. The summed E-state index contributed by atoms with van der Waals surface area (Å²) in [6.45, 7) is 3.97. The SMILES string of the molecule is Cc1nc(C2CC2)cn1C(C)Cl. The van der Waals surface area contributed by atoms with Crippen LogP contribution >= 0.6 is 11.6 Å². The van der Waals surface area contributed by atoms with E-state index < -0.39 is 0 Å². The normalized spacial score (nSPS) is 19.6. The highest BCUT2D eigenvalue weighted by Crippen LogP contribution is 2.39. The van der Waals surface area contributed by atoms with E-state index in [4.69, 9.17) is 11.6 Å². The second-order valence-electron chi connectivity index (χ2n) is 3.47. The number of halogens is 1. The van der Waals surface area contributed by atoms with Crippen LogP contribution in [-0.4, -0.2) is 9.55 Å². The summed E-state index contributed by atoms with van der Waals surface area (Å²) in [6, 6.07) is 0. The molecule has 1 aromatic heterocycles. The molecule has 66 valence electrons. The molecule has 0 saturated heterocycles.